The fraction of sp³-hybridized carbons (Fsp3) is 0.190. The maximum absolute atomic E-state index is 13.7. The molecule has 0 aliphatic carbocycles. The lowest BCUT2D eigenvalue weighted by atomic mass is 10.1. The van der Waals surface area contributed by atoms with E-state index in [4.69, 9.17) is 11.6 Å². The lowest BCUT2D eigenvalue weighted by Gasteiger charge is -2.14. The maximum atomic E-state index is 13.7. The molecule has 6 nitrogen and oxygen atoms in total. The first kappa shape index (κ1) is 22.4. The lowest BCUT2D eigenvalue weighted by molar-refractivity contribution is -0.143. The average Bonchev–Trinajstić information content (AvgIpc) is 3.15. The van der Waals surface area contributed by atoms with E-state index in [2.05, 4.69) is 15.7 Å². The van der Waals surface area contributed by atoms with Crippen LogP contribution < -0.4 is 10.6 Å². The second kappa shape index (κ2) is 8.81. The standard InChI is InChI=1S/C21H18ClF3N4O2/c1-12-5-3-6-13(2)18(12)28-17(30)11-26-20(31)16-10-27-29(19(16)21(23,24)25)15-8-4-7-14(22)9-15/h3-10H,11H2,1-2H3,(H,26,31)(H,28,30). The van der Waals surface area contributed by atoms with Crippen molar-refractivity contribution in [3.05, 3.63) is 76.1 Å². The van der Waals surface area contributed by atoms with E-state index in [0.717, 1.165) is 17.3 Å². The Morgan fingerprint density at radius 2 is 1.74 bits per heavy atom. The summed E-state index contributed by atoms with van der Waals surface area (Å²) in [6, 6.07) is 11.1. The van der Waals surface area contributed by atoms with Gasteiger partial charge < -0.3 is 10.6 Å². The molecule has 2 N–H and O–H groups in total. The van der Waals surface area contributed by atoms with E-state index < -0.39 is 35.8 Å². The van der Waals surface area contributed by atoms with Crippen LogP contribution in [0.5, 0.6) is 0 Å². The molecule has 0 bridgehead atoms. The summed E-state index contributed by atoms with van der Waals surface area (Å²) in [5.74, 6) is -1.64. The first-order valence-corrected chi connectivity index (χ1v) is 9.51. The molecule has 0 aliphatic heterocycles. The number of halogens is 4. The summed E-state index contributed by atoms with van der Waals surface area (Å²) >= 11 is 5.86. The molecule has 162 valence electrons. The normalized spacial score (nSPS) is 11.3. The Bertz CT molecular complexity index is 1120. The van der Waals surface area contributed by atoms with Crippen LogP contribution in [-0.4, -0.2) is 28.1 Å². The van der Waals surface area contributed by atoms with Crippen molar-refractivity contribution >= 4 is 29.1 Å². The molecule has 0 unspecified atom stereocenters. The van der Waals surface area contributed by atoms with E-state index in [1.807, 2.05) is 6.07 Å². The van der Waals surface area contributed by atoms with Crippen LogP contribution >= 0.6 is 11.6 Å². The number of carbonyl (C=O) groups is 2. The van der Waals surface area contributed by atoms with Crippen molar-refractivity contribution < 1.29 is 22.8 Å². The molecule has 2 aromatic carbocycles. The average molecular weight is 451 g/mol. The molecule has 0 radical (unpaired) electrons. The molecule has 0 fully saturated rings. The van der Waals surface area contributed by atoms with E-state index >= 15 is 0 Å². The van der Waals surface area contributed by atoms with Gasteiger partial charge in [0.2, 0.25) is 5.91 Å². The summed E-state index contributed by atoms with van der Waals surface area (Å²) in [5, 5.41) is 8.80. The van der Waals surface area contributed by atoms with Crippen LogP contribution in [0.25, 0.3) is 5.69 Å². The molecule has 3 aromatic rings. The number of hydrogen-bond donors (Lipinski definition) is 2. The summed E-state index contributed by atoms with van der Waals surface area (Å²) in [4.78, 5) is 24.7. The van der Waals surface area contributed by atoms with E-state index in [-0.39, 0.29) is 10.7 Å². The van der Waals surface area contributed by atoms with Gasteiger partial charge in [0.15, 0.2) is 5.69 Å². The monoisotopic (exact) mass is 450 g/mol. The highest BCUT2D eigenvalue weighted by Gasteiger charge is 2.40. The minimum Gasteiger partial charge on any atom is -0.343 e. The van der Waals surface area contributed by atoms with E-state index in [1.165, 1.54) is 24.3 Å². The topological polar surface area (TPSA) is 76.0 Å². The largest absolute Gasteiger partial charge is 0.434 e. The number of anilines is 1. The van der Waals surface area contributed by atoms with Crippen molar-refractivity contribution in [2.45, 2.75) is 20.0 Å². The lowest BCUT2D eigenvalue weighted by Crippen LogP contribution is -2.34. The van der Waals surface area contributed by atoms with E-state index in [1.54, 1.807) is 26.0 Å². The van der Waals surface area contributed by atoms with Crippen molar-refractivity contribution in [1.29, 1.82) is 0 Å². The zero-order valence-corrected chi connectivity index (χ0v) is 17.3. The molecule has 31 heavy (non-hydrogen) atoms. The molecule has 2 amide bonds. The molecular formula is C21H18ClF3N4O2. The van der Waals surface area contributed by atoms with Crippen LogP contribution in [0.3, 0.4) is 0 Å². The van der Waals surface area contributed by atoms with Crippen molar-refractivity contribution in [2.24, 2.45) is 0 Å². The van der Waals surface area contributed by atoms with Gasteiger partial charge in [-0.1, -0.05) is 35.9 Å². The smallest absolute Gasteiger partial charge is 0.343 e. The summed E-state index contributed by atoms with van der Waals surface area (Å²) in [6.45, 7) is 3.11. The summed E-state index contributed by atoms with van der Waals surface area (Å²) < 4.78 is 41.7. The van der Waals surface area contributed by atoms with Gasteiger partial charge in [0.05, 0.1) is 24.0 Å². The predicted molar refractivity (Wildman–Crippen MR) is 110 cm³/mol. The van der Waals surface area contributed by atoms with Gasteiger partial charge in [-0.15, -0.1) is 0 Å². The molecule has 0 aliphatic rings. The zero-order valence-electron chi connectivity index (χ0n) is 16.5. The van der Waals surface area contributed by atoms with E-state index in [9.17, 15) is 22.8 Å². The number of para-hydroxylation sites is 1. The van der Waals surface area contributed by atoms with Crippen molar-refractivity contribution in [3.8, 4) is 5.69 Å². The molecule has 0 spiro atoms. The number of nitrogens with one attached hydrogen (secondary N) is 2. The van der Waals surface area contributed by atoms with Gasteiger partial charge in [0, 0.05) is 10.7 Å². The summed E-state index contributed by atoms with van der Waals surface area (Å²) in [6.07, 6.45) is -4.06. The molecule has 0 saturated heterocycles. The molecule has 0 atom stereocenters. The van der Waals surface area contributed by atoms with Gasteiger partial charge in [-0.25, -0.2) is 4.68 Å². The van der Waals surface area contributed by atoms with E-state index in [0.29, 0.717) is 10.4 Å². The Hall–Kier alpha value is -3.33. The quantitative estimate of drug-likeness (QED) is 0.599. The number of nitrogens with zero attached hydrogens (tertiary/aromatic N) is 2. The number of aryl methyl sites for hydroxylation is 2. The second-order valence-corrected chi connectivity index (χ2v) is 7.23. The Morgan fingerprint density at radius 3 is 2.35 bits per heavy atom. The Kier molecular flexibility index (Phi) is 6.35. The minimum atomic E-state index is -4.87. The number of aromatic nitrogens is 2. The number of alkyl halides is 3. The molecular weight excluding hydrogens is 433 g/mol. The first-order valence-electron chi connectivity index (χ1n) is 9.13. The highest BCUT2D eigenvalue weighted by atomic mass is 35.5. The van der Waals surface area contributed by atoms with Crippen molar-refractivity contribution in [3.63, 3.8) is 0 Å². The fourth-order valence-corrected chi connectivity index (χ4v) is 3.23. The van der Waals surface area contributed by atoms with Gasteiger partial charge in [-0.3, -0.25) is 9.59 Å². The Labute approximate surface area is 181 Å². The second-order valence-electron chi connectivity index (χ2n) is 6.79. The summed E-state index contributed by atoms with van der Waals surface area (Å²) in [7, 11) is 0. The third kappa shape index (κ3) is 5.05. The van der Waals surface area contributed by atoms with Crippen LogP contribution in [0.4, 0.5) is 18.9 Å². The van der Waals surface area contributed by atoms with Crippen molar-refractivity contribution in [2.75, 3.05) is 11.9 Å². The van der Waals surface area contributed by atoms with Gasteiger partial charge >= 0.3 is 6.18 Å². The Balaban J connectivity index is 1.80. The van der Waals surface area contributed by atoms with Crippen LogP contribution in [0.15, 0.2) is 48.7 Å². The van der Waals surface area contributed by atoms with Crippen LogP contribution in [0.2, 0.25) is 5.02 Å². The van der Waals surface area contributed by atoms with Crippen LogP contribution in [-0.2, 0) is 11.0 Å². The summed E-state index contributed by atoms with van der Waals surface area (Å²) in [5.41, 5.74) is 0.316. The fourth-order valence-electron chi connectivity index (χ4n) is 3.04. The van der Waals surface area contributed by atoms with Gasteiger partial charge in [0.1, 0.15) is 0 Å². The number of hydrogen-bond acceptors (Lipinski definition) is 3. The SMILES string of the molecule is Cc1cccc(C)c1NC(=O)CNC(=O)c1cnn(-c2cccc(Cl)c2)c1C(F)(F)F. The molecule has 1 aromatic heterocycles. The molecule has 3 rings (SSSR count). The zero-order chi connectivity index (χ0) is 22.8. The number of amides is 2. The van der Waals surface area contributed by atoms with Crippen LogP contribution in [0, 0.1) is 13.8 Å². The van der Waals surface area contributed by atoms with Gasteiger partial charge in [-0.2, -0.15) is 18.3 Å². The molecule has 10 heteroatoms. The molecule has 0 saturated carbocycles. The Morgan fingerprint density at radius 1 is 1.10 bits per heavy atom. The van der Waals surface area contributed by atoms with Gasteiger partial charge in [0.25, 0.3) is 5.91 Å². The number of benzene rings is 2. The van der Waals surface area contributed by atoms with Crippen LogP contribution in [0.1, 0.15) is 27.2 Å². The third-order valence-corrected chi connectivity index (χ3v) is 4.73. The van der Waals surface area contributed by atoms with Crippen molar-refractivity contribution in [1.82, 2.24) is 15.1 Å². The highest BCUT2D eigenvalue weighted by molar-refractivity contribution is 6.30. The molecule has 1 heterocycles. The predicted octanol–water partition coefficient (Wildman–Crippen LogP) is 4.53. The minimum absolute atomic E-state index is 0.0478. The highest BCUT2D eigenvalue weighted by Crippen LogP contribution is 2.34. The number of carbonyl (C=O) groups excluding carboxylic acids is 2. The van der Waals surface area contributed by atoms with Gasteiger partial charge in [-0.05, 0) is 43.2 Å². The maximum Gasteiger partial charge on any atom is 0.434 e. The first-order chi connectivity index (χ1) is 14.6. The third-order valence-electron chi connectivity index (χ3n) is 4.49. The number of rotatable bonds is 5.